The molecule has 1 atom stereocenters. The zero-order valence-corrected chi connectivity index (χ0v) is 8.40. The largest absolute Gasteiger partial charge is 0.304 e. The molecule has 1 fully saturated rings. The van der Waals surface area contributed by atoms with E-state index in [9.17, 15) is 0 Å². The molecular weight excluding hydrogens is 162 g/mol. The van der Waals surface area contributed by atoms with Crippen molar-refractivity contribution < 1.29 is 0 Å². The quantitative estimate of drug-likeness (QED) is 0.650. The summed E-state index contributed by atoms with van der Waals surface area (Å²) in [6.07, 6.45) is 4.46. The van der Waals surface area contributed by atoms with E-state index in [0.29, 0.717) is 6.04 Å². The Kier molecular flexibility index (Phi) is 2.36. The number of hydrogen-bond acceptors (Lipinski definition) is 2. The number of likely N-dealkylation sites (N-methyl/N-ethyl adjacent to an activating group) is 1. The van der Waals surface area contributed by atoms with Crippen LogP contribution >= 0.6 is 0 Å². The molecule has 13 heavy (non-hydrogen) atoms. The Morgan fingerprint density at radius 1 is 1.54 bits per heavy atom. The summed E-state index contributed by atoms with van der Waals surface area (Å²) < 4.78 is 2.16. The molecule has 0 unspecified atom stereocenters. The molecule has 0 N–H and O–H groups in total. The third-order valence-corrected chi connectivity index (χ3v) is 2.81. The van der Waals surface area contributed by atoms with Gasteiger partial charge in [-0.2, -0.15) is 5.10 Å². The van der Waals surface area contributed by atoms with E-state index in [1.807, 2.05) is 6.20 Å². The SMILES string of the molecule is Cc1ccnn1[C@H]1CCCN(C)C1. The molecule has 1 aromatic heterocycles. The van der Waals surface area contributed by atoms with E-state index < -0.39 is 0 Å². The zero-order chi connectivity index (χ0) is 9.26. The second kappa shape index (κ2) is 3.50. The molecule has 2 heterocycles. The number of rotatable bonds is 1. The summed E-state index contributed by atoms with van der Waals surface area (Å²) in [4.78, 5) is 2.38. The Bertz CT molecular complexity index is 279. The van der Waals surface area contributed by atoms with Crippen LogP contribution in [-0.2, 0) is 0 Å². The van der Waals surface area contributed by atoms with Gasteiger partial charge in [-0.15, -0.1) is 0 Å². The van der Waals surface area contributed by atoms with Crippen LogP contribution in [0.25, 0.3) is 0 Å². The minimum Gasteiger partial charge on any atom is -0.304 e. The van der Waals surface area contributed by atoms with Crippen LogP contribution in [0.15, 0.2) is 12.3 Å². The molecular formula is C10H17N3. The molecule has 1 aromatic rings. The molecule has 0 spiro atoms. The summed E-state index contributed by atoms with van der Waals surface area (Å²) in [5.74, 6) is 0. The normalized spacial score (nSPS) is 24.9. The van der Waals surface area contributed by atoms with Crippen LogP contribution in [0.3, 0.4) is 0 Å². The highest BCUT2D eigenvalue weighted by atomic mass is 15.3. The van der Waals surface area contributed by atoms with Crippen LogP contribution in [0, 0.1) is 6.92 Å². The maximum atomic E-state index is 4.36. The Balaban J connectivity index is 2.12. The first-order valence-electron chi connectivity index (χ1n) is 4.96. The fraction of sp³-hybridized carbons (Fsp3) is 0.700. The summed E-state index contributed by atoms with van der Waals surface area (Å²) in [5.41, 5.74) is 1.28. The maximum absolute atomic E-state index is 4.36. The Morgan fingerprint density at radius 3 is 3.00 bits per heavy atom. The van der Waals surface area contributed by atoms with E-state index in [4.69, 9.17) is 0 Å². The molecule has 0 radical (unpaired) electrons. The van der Waals surface area contributed by atoms with Gasteiger partial charge in [-0.3, -0.25) is 4.68 Å². The van der Waals surface area contributed by atoms with Crippen LogP contribution in [0.5, 0.6) is 0 Å². The van der Waals surface area contributed by atoms with Crippen LogP contribution in [-0.4, -0.2) is 34.8 Å². The number of aryl methyl sites for hydroxylation is 1. The van der Waals surface area contributed by atoms with Gasteiger partial charge in [-0.05, 0) is 39.4 Å². The van der Waals surface area contributed by atoms with Crippen LogP contribution in [0.1, 0.15) is 24.6 Å². The number of piperidine rings is 1. The van der Waals surface area contributed by atoms with E-state index in [1.54, 1.807) is 0 Å². The molecule has 72 valence electrons. The van der Waals surface area contributed by atoms with E-state index >= 15 is 0 Å². The lowest BCUT2D eigenvalue weighted by Crippen LogP contribution is -2.34. The second-order valence-corrected chi connectivity index (χ2v) is 3.98. The van der Waals surface area contributed by atoms with Gasteiger partial charge in [0.15, 0.2) is 0 Å². The maximum Gasteiger partial charge on any atom is 0.0649 e. The molecule has 0 bridgehead atoms. The molecule has 1 saturated heterocycles. The van der Waals surface area contributed by atoms with Gasteiger partial charge in [0.05, 0.1) is 6.04 Å². The fourth-order valence-corrected chi connectivity index (χ4v) is 2.10. The Morgan fingerprint density at radius 2 is 2.38 bits per heavy atom. The highest BCUT2D eigenvalue weighted by molar-refractivity contribution is 4.99. The lowest BCUT2D eigenvalue weighted by Gasteiger charge is -2.30. The zero-order valence-electron chi connectivity index (χ0n) is 8.40. The molecule has 0 aliphatic carbocycles. The number of aromatic nitrogens is 2. The van der Waals surface area contributed by atoms with Crippen LogP contribution in [0.4, 0.5) is 0 Å². The average molecular weight is 179 g/mol. The summed E-state index contributed by atoms with van der Waals surface area (Å²) in [5, 5.41) is 4.36. The lowest BCUT2D eigenvalue weighted by atomic mass is 10.1. The number of likely N-dealkylation sites (tertiary alicyclic amines) is 1. The topological polar surface area (TPSA) is 21.1 Å². The number of hydrogen-bond donors (Lipinski definition) is 0. The van der Waals surface area contributed by atoms with Crippen molar-refractivity contribution in [2.75, 3.05) is 20.1 Å². The highest BCUT2D eigenvalue weighted by Crippen LogP contribution is 2.20. The Hall–Kier alpha value is -0.830. The van der Waals surface area contributed by atoms with Crippen LogP contribution < -0.4 is 0 Å². The van der Waals surface area contributed by atoms with Crippen molar-refractivity contribution in [1.29, 1.82) is 0 Å². The van der Waals surface area contributed by atoms with Gasteiger partial charge in [-0.25, -0.2) is 0 Å². The van der Waals surface area contributed by atoms with Crippen molar-refractivity contribution in [3.8, 4) is 0 Å². The first-order valence-corrected chi connectivity index (χ1v) is 4.96. The van der Waals surface area contributed by atoms with Crippen LogP contribution in [0.2, 0.25) is 0 Å². The van der Waals surface area contributed by atoms with Crippen molar-refractivity contribution in [3.05, 3.63) is 18.0 Å². The minimum absolute atomic E-state index is 0.591. The molecule has 0 amide bonds. The summed E-state index contributed by atoms with van der Waals surface area (Å²) >= 11 is 0. The fourth-order valence-electron chi connectivity index (χ4n) is 2.10. The van der Waals surface area contributed by atoms with Gasteiger partial charge < -0.3 is 4.90 Å². The summed E-state index contributed by atoms with van der Waals surface area (Å²) in [6, 6.07) is 2.67. The predicted molar refractivity (Wildman–Crippen MR) is 52.7 cm³/mol. The predicted octanol–water partition coefficient (Wildman–Crippen LogP) is 1.46. The third-order valence-electron chi connectivity index (χ3n) is 2.81. The van der Waals surface area contributed by atoms with E-state index in [0.717, 1.165) is 6.54 Å². The molecule has 0 aromatic carbocycles. The van der Waals surface area contributed by atoms with Crippen molar-refractivity contribution in [2.45, 2.75) is 25.8 Å². The first kappa shape index (κ1) is 8.75. The minimum atomic E-state index is 0.591. The lowest BCUT2D eigenvalue weighted by molar-refractivity contribution is 0.201. The van der Waals surface area contributed by atoms with Gasteiger partial charge in [0.2, 0.25) is 0 Å². The smallest absolute Gasteiger partial charge is 0.0649 e. The van der Waals surface area contributed by atoms with Crippen molar-refractivity contribution in [3.63, 3.8) is 0 Å². The van der Waals surface area contributed by atoms with Gasteiger partial charge in [0.25, 0.3) is 0 Å². The average Bonchev–Trinajstić information content (AvgIpc) is 2.51. The monoisotopic (exact) mass is 179 g/mol. The summed E-state index contributed by atoms with van der Waals surface area (Å²) in [7, 11) is 2.19. The third kappa shape index (κ3) is 1.75. The van der Waals surface area contributed by atoms with Crippen molar-refractivity contribution in [2.24, 2.45) is 0 Å². The molecule has 3 nitrogen and oxygen atoms in total. The van der Waals surface area contributed by atoms with E-state index in [1.165, 1.54) is 25.1 Å². The Labute approximate surface area is 79.3 Å². The number of nitrogens with zero attached hydrogens (tertiary/aromatic N) is 3. The molecule has 1 aliphatic heterocycles. The van der Waals surface area contributed by atoms with Gasteiger partial charge >= 0.3 is 0 Å². The molecule has 2 rings (SSSR count). The van der Waals surface area contributed by atoms with Gasteiger partial charge in [0.1, 0.15) is 0 Å². The van der Waals surface area contributed by atoms with Crippen molar-refractivity contribution >= 4 is 0 Å². The van der Waals surface area contributed by atoms with Gasteiger partial charge in [0, 0.05) is 18.4 Å². The van der Waals surface area contributed by atoms with E-state index in [2.05, 4.69) is 34.7 Å². The molecule has 0 saturated carbocycles. The highest BCUT2D eigenvalue weighted by Gasteiger charge is 2.19. The molecule has 1 aliphatic rings. The molecule has 3 heteroatoms. The van der Waals surface area contributed by atoms with Crippen molar-refractivity contribution in [1.82, 2.24) is 14.7 Å². The van der Waals surface area contributed by atoms with E-state index in [-0.39, 0.29) is 0 Å². The first-order chi connectivity index (χ1) is 6.27. The van der Waals surface area contributed by atoms with Gasteiger partial charge in [-0.1, -0.05) is 0 Å². The second-order valence-electron chi connectivity index (χ2n) is 3.98. The standard InChI is InChI=1S/C10H17N3/c1-9-5-6-11-13(9)10-4-3-7-12(2)8-10/h5-6,10H,3-4,7-8H2,1-2H3/t10-/m0/s1. The summed E-state index contributed by atoms with van der Waals surface area (Å²) in [6.45, 7) is 4.50.